The second-order valence-electron chi connectivity index (χ2n) is 6.15. The lowest BCUT2D eigenvalue weighted by Gasteiger charge is -2.09. The Kier molecular flexibility index (Phi) is 5.02. The molecular formula is C20H19NO5. The van der Waals surface area contributed by atoms with Gasteiger partial charge in [-0.1, -0.05) is 18.2 Å². The fraction of sp³-hybridized carbons (Fsp3) is 0.250. The summed E-state index contributed by atoms with van der Waals surface area (Å²) in [6, 6.07) is 12.3. The number of carbonyl (C=O) groups is 3. The summed E-state index contributed by atoms with van der Waals surface area (Å²) in [7, 11) is 0. The van der Waals surface area contributed by atoms with Gasteiger partial charge in [-0.15, -0.1) is 0 Å². The summed E-state index contributed by atoms with van der Waals surface area (Å²) in [4.78, 5) is 35.7. The highest BCUT2D eigenvalue weighted by Gasteiger charge is 2.27. The van der Waals surface area contributed by atoms with Gasteiger partial charge in [0.25, 0.3) is 0 Å². The summed E-state index contributed by atoms with van der Waals surface area (Å²) in [5, 5.41) is 2.75. The van der Waals surface area contributed by atoms with Crippen LogP contribution in [0.1, 0.15) is 34.3 Å². The maximum absolute atomic E-state index is 12.2. The standard InChI is InChI=1S/C20H19NO5/c1-12-5-3-4-6-18(12)25-11-19(23)26-10-17(22)14-7-8-16-15(9-14)13(2)20(24)21-16/h3-9,13H,10-11H2,1-2H3,(H,21,24)/t13-/m1/s1. The first-order valence-electron chi connectivity index (χ1n) is 8.28. The van der Waals surface area contributed by atoms with Crippen LogP contribution in [-0.4, -0.2) is 30.9 Å². The Morgan fingerprint density at radius 2 is 1.88 bits per heavy atom. The molecule has 0 fully saturated rings. The van der Waals surface area contributed by atoms with Crippen molar-refractivity contribution in [2.75, 3.05) is 18.5 Å². The molecule has 6 heteroatoms. The van der Waals surface area contributed by atoms with Crippen molar-refractivity contribution < 1.29 is 23.9 Å². The third-order valence-electron chi connectivity index (χ3n) is 4.29. The molecule has 1 amide bonds. The van der Waals surface area contributed by atoms with Crippen LogP contribution in [0.2, 0.25) is 0 Å². The third kappa shape index (κ3) is 3.74. The van der Waals surface area contributed by atoms with Crippen molar-refractivity contribution in [2.24, 2.45) is 0 Å². The molecule has 0 spiro atoms. The number of carbonyl (C=O) groups excluding carboxylic acids is 3. The molecule has 0 aromatic heterocycles. The van der Waals surface area contributed by atoms with Crippen LogP contribution < -0.4 is 10.1 Å². The first-order chi connectivity index (χ1) is 12.5. The average molecular weight is 353 g/mol. The van der Waals surface area contributed by atoms with E-state index in [0.717, 1.165) is 11.1 Å². The van der Waals surface area contributed by atoms with Crippen LogP contribution >= 0.6 is 0 Å². The number of fused-ring (bicyclic) bond motifs is 1. The molecule has 1 aliphatic rings. The van der Waals surface area contributed by atoms with Gasteiger partial charge in [0.15, 0.2) is 19.0 Å². The number of amides is 1. The molecule has 0 aliphatic carbocycles. The molecule has 0 radical (unpaired) electrons. The molecule has 6 nitrogen and oxygen atoms in total. The minimum absolute atomic E-state index is 0.0932. The van der Waals surface area contributed by atoms with Gasteiger partial charge in [-0.25, -0.2) is 4.79 Å². The van der Waals surface area contributed by atoms with Crippen LogP contribution in [0.5, 0.6) is 5.75 Å². The monoisotopic (exact) mass is 353 g/mol. The van der Waals surface area contributed by atoms with E-state index in [2.05, 4.69) is 5.32 Å². The molecule has 0 saturated carbocycles. The number of hydrogen-bond donors (Lipinski definition) is 1. The predicted octanol–water partition coefficient (Wildman–Crippen LogP) is 2.86. The number of benzene rings is 2. The second-order valence-corrected chi connectivity index (χ2v) is 6.15. The Hall–Kier alpha value is -3.15. The number of para-hydroxylation sites is 1. The van der Waals surface area contributed by atoms with Crippen molar-refractivity contribution in [3.05, 3.63) is 59.2 Å². The summed E-state index contributed by atoms with van der Waals surface area (Å²) in [5.74, 6) is -0.746. The SMILES string of the molecule is Cc1ccccc1OCC(=O)OCC(=O)c1ccc2c(c1)[C@@H](C)C(=O)N2. The smallest absolute Gasteiger partial charge is 0.344 e. The van der Waals surface area contributed by atoms with Crippen LogP contribution in [-0.2, 0) is 14.3 Å². The number of Topliss-reactive ketones (excluding diaryl/α,β-unsaturated/α-hetero) is 1. The first kappa shape index (κ1) is 17.7. The van der Waals surface area contributed by atoms with Crippen molar-refractivity contribution in [3.8, 4) is 5.75 Å². The van der Waals surface area contributed by atoms with Gasteiger partial charge >= 0.3 is 5.97 Å². The lowest BCUT2D eigenvalue weighted by molar-refractivity contribution is -0.144. The molecule has 0 bridgehead atoms. The summed E-state index contributed by atoms with van der Waals surface area (Å²) >= 11 is 0. The van der Waals surface area contributed by atoms with Gasteiger partial charge in [0.1, 0.15) is 5.75 Å². The van der Waals surface area contributed by atoms with Crippen LogP contribution in [0.25, 0.3) is 0 Å². The van der Waals surface area contributed by atoms with Gasteiger partial charge in [0, 0.05) is 11.3 Å². The Morgan fingerprint density at radius 3 is 2.65 bits per heavy atom. The molecule has 0 saturated heterocycles. The zero-order valence-electron chi connectivity index (χ0n) is 14.6. The molecule has 1 heterocycles. The number of nitrogens with one attached hydrogen (secondary N) is 1. The van der Waals surface area contributed by atoms with Gasteiger partial charge < -0.3 is 14.8 Å². The van der Waals surface area contributed by atoms with E-state index in [1.54, 1.807) is 31.2 Å². The van der Waals surface area contributed by atoms with Crippen molar-refractivity contribution >= 4 is 23.3 Å². The van der Waals surface area contributed by atoms with Crippen molar-refractivity contribution in [1.29, 1.82) is 0 Å². The number of rotatable bonds is 6. The van der Waals surface area contributed by atoms with E-state index < -0.39 is 5.97 Å². The summed E-state index contributed by atoms with van der Waals surface area (Å²) in [5.41, 5.74) is 2.80. The van der Waals surface area contributed by atoms with Crippen LogP contribution in [0, 0.1) is 6.92 Å². The largest absolute Gasteiger partial charge is 0.482 e. The number of ether oxygens (including phenoxy) is 2. The van der Waals surface area contributed by atoms with Crippen molar-refractivity contribution in [1.82, 2.24) is 0 Å². The molecule has 3 rings (SSSR count). The predicted molar refractivity (Wildman–Crippen MR) is 95.5 cm³/mol. The zero-order chi connectivity index (χ0) is 18.7. The van der Waals surface area contributed by atoms with E-state index >= 15 is 0 Å². The van der Waals surface area contributed by atoms with E-state index in [-0.39, 0.29) is 30.8 Å². The van der Waals surface area contributed by atoms with E-state index in [4.69, 9.17) is 9.47 Å². The van der Waals surface area contributed by atoms with Gasteiger partial charge in [-0.05, 0) is 49.2 Å². The van der Waals surface area contributed by atoms with E-state index in [0.29, 0.717) is 17.0 Å². The fourth-order valence-corrected chi connectivity index (χ4v) is 2.72. The maximum Gasteiger partial charge on any atom is 0.344 e. The molecule has 26 heavy (non-hydrogen) atoms. The Morgan fingerprint density at radius 1 is 1.12 bits per heavy atom. The molecule has 134 valence electrons. The second kappa shape index (κ2) is 7.39. The summed E-state index contributed by atoms with van der Waals surface area (Å²) in [6.07, 6.45) is 0. The topological polar surface area (TPSA) is 81.7 Å². The van der Waals surface area contributed by atoms with Gasteiger partial charge in [-0.3, -0.25) is 9.59 Å². The van der Waals surface area contributed by atoms with Crippen molar-refractivity contribution in [2.45, 2.75) is 19.8 Å². The molecule has 2 aromatic rings. The molecule has 2 aromatic carbocycles. The van der Waals surface area contributed by atoms with Crippen LogP contribution in [0.15, 0.2) is 42.5 Å². The minimum Gasteiger partial charge on any atom is -0.482 e. The Labute approximate surface area is 151 Å². The number of ketones is 1. The summed E-state index contributed by atoms with van der Waals surface area (Å²) < 4.78 is 10.4. The van der Waals surface area contributed by atoms with E-state index in [1.165, 1.54) is 0 Å². The van der Waals surface area contributed by atoms with Gasteiger partial charge in [-0.2, -0.15) is 0 Å². The fourth-order valence-electron chi connectivity index (χ4n) is 2.72. The van der Waals surface area contributed by atoms with E-state index in [9.17, 15) is 14.4 Å². The lowest BCUT2D eigenvalue weighted by atomic mass is 9.99. The highest BCUT2D eigenvalue weighted by Crippen LogP contribution is 2.32. The number of hydrogen-bond acceptors (Lipinski definition) is 5. The van der Waals surface area contributed by atoms with E-state index in [1.807, 2.05) is 25.1 Å². The quantitative estimate of drug-likeness (QED) is 0.638. The molecule has 1 atom stereocenters. The lowest BCUT2D eigenvalue weighted by Crippen LogP contribution is -2.19. The van der Waals surface area contributed by atoms with Gasteiger partial charge in [0.2, 0.25) is 5.91 Å². The first-order valence-corrected chi connectivity index (χ1v) is 8.28. The number of esters is 1. The molecule has 1 N–H and O–H groups in total. The zero-order valence-corrected chi connectivity index (χ0v) is 14.6. The number of aryl methyl sites for hydroxylation is 1. The average Bonchev–Trinajstić information content (AvgIpc) is 2.92. The van der Waals surface area contributed by atoms with Gasteiger partial charge in [0.05, 0.1) is 5.92 Å². The normalized spacial score (nSPS) is 15.2. The number of anilines is 1. The van der Waals surface area contributed by atoms with Crippen LogP contribution in [0.3, 0.4) is 0 Å². The summed E-state index contributed by atoms with van der Waals surface area (Å²) in [6.45, 7) is 3.01. The molecule has 0 unspecified atom stereocenters. The highest BCUT2D eigenvalue weighted by molar-refractivity contribution is 6.05. The minimum atomic E-state index is -0.618. The molecule has 1 aliphatic heterocycles. The van der Waals surface area contributed by atoms with Crippen LogP contribution in [0.4, 0.5) is 5.69 Å². The highest BCUT2D eigenvalue weighted by atomic mass is 16.6. The Balaban J connectivity index is 1.54. The van der Waals surface area contributed by atoms with Crippen molar-refractivity contribution in [3.63, 3.8) is 0 Å². The molecular weight excluding hydrogens is 334 g/mol. The maximum atomic E-state index is 12.2. The Bertz CT molecular complexity index is 874. The third-order valence-corrected chi connectivity index (χ3v) is 4.29.